The third-order valence-electron chi connectivity index (χ3n) is 5.41. The number of hydrogen-bond acceptors (Lipinski definition) is 3. The highest BCUT2D eigenvalue weighted by molar-refractivity contribution is 6.30. The predicted octanol–water partition coefficient (Wildman–Crippen LogP) is 2.71. The highest BCUT2D eigenvalue weighted by Crippen LogP contribution is 2.29. The third-order valence-corrected chi connectivity index (χ3v) is 5.64. The van der Waals surface area contributed by atoms with Gasteiger partial charge in [-0.05, 0) is 30.5 Å². The molecule has 6 heteroatoms. The van der Waals surface area contributed by atoms with Crippen molar-refractivity contribution in [3.05, 3.63) is 34.9 Å². The lowest BCUT2D eigenvalue weighted by atomic mass is 9.92. The van der Waals surface area contributed by atoms with Crippen LogP contribution in [-0.4, -0.2) is 54.3 Å². The van der Waals surface area contributed by atoms with Gasteiger partial charge in [0.15, 0.2) is 0 Å². The minimum absolute atomic E-state index is 0.00555. The maximum absolute atomic E-state index is 13.2. The molecule has 0 radical (unpaired) electrons. The van der Waals surface area contributed by atoms with Crippen molar-refractivity contribution in [2.24, 2.45) is 11.8 Å². The van der Waals surface area contributed by atoms with E-state index in [1.165, 1.54) is 0 Å². The Morgan fingerprint density at radius 2 is 1.92 bits per heavy atom. The third kappa shape index (κ3) is 4.21. The molecule has 1 aromatic carbocycles. The highest BCUT2D eigenvalue weighted by atomic mass is 35.5. The molecule has 0 aromatic heterocycles. The molecule has 2 aliphatic heterocycles. The number of likely N-dealkylation sites (tertiary alicyclic amines) is 1. The molecule has 5 nitrogen and oxygen atoms in total. The summed E-state index contributed by atoms with van der Waals surface area (Å²) in [5, 5.41) is 4.08. The second-order valence-electron chi connectivity index (χ2n) is 7.56. The van der Waals surface area contributed by atoms with Crippen LogP contribution in [0.25, 0.3) is 0 Å². The fraction of sp³-hybridized carbons (Fsp3) is 0.600. The predicted molar refractivity (Wildman–Crippen MR) is 103 cm³/mol. The van der Waals surface area contributed by atoms with Crippen molar-refractivity contribution in [2.45, 2.75) is 32.7 Å². The molecule has 1 unspecified atom stereocenters. The van der Waals surface area contributed by atoms with E-state index in [0.29, 0.717) is 24.7 Å². The van der Waals surface area contributed by atoms with Gasteiger partial charge < -0.3 is 15.1 Å². The first-order chi connectivity index (χ1) is 12.5. The first-order valence-electron chi connectivity index (χ1n) is 9.53. The van der Waals surface area contributed by atoms with Gasteiger partial charge in [-0.25, -0.2) is 0 Å². The molecule has 2 amide bonds. The number of piperazine rings is 1. The van der Waals surface area contributed by atoms with Gasteiger partial charge in [0.25, 0.3) is 0 Å². The van der Waals surface area contributed by atoms with Gasteiger partial charge in [-0.3, -0.25) is 9.59 Å². The lowest BCUT2D eigenvalue weighted by Crippen LogP contribution is -2.52. The van der Waals surface area contributed by atoms with Gasteiger partial charge >= 0.3 is 0 Å². The number of amides is 2. The Morgan fingerprint density at radius 3 is 2.58 bits per heavy atom. The molecular formula is C20H28ClN3O2. The van der Waals surface area contributed by atoms with Crippen LogP contribution in [-0.2, 0) is 9.59 Å². The van der Waals surface area contributed by atoms with Gasteiger partial charge in [0.1, 0.15) is 0 Å². The molecule has 2 aliphatic rings. The van der Waals surface area contributed by atoms with Crippen LogP contribution in [0.3, 0.4) is 0 Å². The van der Waals surface area contributed by atoms with Crippen molar-refractivity contribution in [2.75, 3.05) is 32.7 Å². The SMILES string of the molecule is CC(C)C(=O)N1CCC(C(=O)N2CCNCC2c2cccc(Cl)c2)CC1. The van der Waals surface area contributed by atoms with Crippen LogP contribution in [0, 0.1) is 11.8 Å². The van der Waals surface area contributed by atoms with Crippen molar-refractivity contribution in [1.29, 1.82) is 0 Å². The average Bonchev–Trinajstić information content (AvgIpc) is 2.67. The van der Waals surface area contributed by atoms with E-state index in [4.69, 9.17) is 11.6 Å². The van der Waals surface area contributed by atoms with E-state index in [1.807, 2.05) is 47.9 Å². The maximum Gasteiger partial charge on any atom is 0.226 e. The molecule has 3 rings (SSSR count). The molecule has 0 saturated carbocycles. The van der Waals surface area contributed by atoms with Gasteiger partial charge in [-0.2, -0.15) is 0 Å². The summed E-state index contributed by atoms with van der Waals surface area (Å²) >= 11 is 6.15. The number of rotatable bonds is 3. The van der Waals surface area contributed by atoms with Crippen LogP contribution >= 0.6 is 11.6 Å². The van der Waals surface area contributed by atoms with Gasteiger partial charge in [0.05, 0.1) is 6.04 Å². The standard InChI is InChI=1S/C20H28ClN3O2/c1-14(2)19(25)23-9-6-15(7-10-23)20(26)24-11-8-22-13-18(24)16-4-3-5-17(21)12-16/h3-5,12,14-15,18,22H,6-11,13H2,1-2H3. The minimum Gasteiger partial charge on any atom is -0.342 e. The number of carbonyl (C=O) groups excluding carboxylic acids is 2. The second-order valence-corrected chi connectivity index (χ2v) is 8.00. The number of halogens is 1. The molecule has 0 bridgehead atoms. The first-order valence-corrected chi connectivity index (χ1v) is 9.90. The fourth-order valence-corrected chi connectivity index (χ4v) is 4.12. The Kier molecular flexibility index (Phi) is 6.20. The number of benzene rings is 1. The van der Waals surface area contributed by atoms with Crippen LogP contribution in [0.5, 0.6) is 0 Å². The van der Waals surface area contributed by atoms with Gasteiger partial charge in [0.2, 0.25) is 11.8 Å². The summed E-state index contributed by atoms with van der Waals surface area (Å²) in [5.74, 6) is 0.427. The Labute approximate surface area is 160 Å². The van der Waals surface area contributed by atoms with E-state index in [1.54, 1.807) is 0 Å². The number of nitrogens with zero attached hydrogens (tertiary/aromatic N) is 2. The van der Waals surface area contributed by atoms with Crippen molar-refractivity contribution < 1.29 is 9.59 Å². The molecule has 0 aliphatic carbocycles. The lowest BCUT2D eigenvalue weighted by molar-refractivity contribution is -0.144. The van der Waals surface area contributed by atoms with Gasteiger partial charge in [0, 0.05) is 49.6 Å². The first kappa shape index (κ1) is 19.2. The molecular weight excluding hydrogens is 350 g/mol. The topological polar surface area (TPSA) is 52.7 Å². The van der Waals surface area contributed by atoms with E-state index >= 15 is 0 Å². The number of hydrogen-bond donors (Lipinski definition) is 1. The summed E-state index contributed by atoms with van der Waals surface area (Å²) in [6, 6.07) is 7.79. The number of carbonyl (C=O) groups is 2. The molecule has 2 heterocycles. The van der Waals surface area contributed by atoms with Gasteiger partial charge in [-0.15, -0.1) is 0 Å². The normalized spacial score (nSPS) is 21.9. The Morgan fingerprint density at radius 1 is 1.19 bits per heavy atom. The number of piperidine rings is 1. The highest BCUT2D eigenvalue weighted by Gasteiger charge is 2.35. The Bertz CT molecular complexity index is 656. The van der Waals surface area contributed by atoms with Crippen molar-refractivity contribution >= 4 is 23.4 Å². The quantitative estimate of drug-likeness (QED) is 0.881. The second kappa shape index (κ2) is 8.40. The van der Waals surface area contributed by atoms with E-state index in [9.17, 15) is 9.59 Å². The van der Waals surface area contributed by atoms with Crippen LogP contribution < -0.4 is 5.32 Å². The van der Waals surface area contributed by atoms with Crippen molar-refractivity contribution in [1.82, 2.24) is 15.1 Å². The molecule has 26 heavy (non-hydrogen) atoms. The summed E-state index contributed by atoms with van der Waals surface area (Å²) < 4.78 is 0. The lowest BCUT2D eigenvalue weighted by Gasteiger charge is -2.40. The van der Waals surface area contributed by atoms with E-state index in [2.05, 4.69) is 5.32 Å². The maximum atomic E-state index is 13.2. The summed E-state index contributed by atoms with van der Waals surface area (Å²) in [6.07, 6.45) is 1.51. The van der Waals surface area contributed by atoms with E-state index in [-0.39, 0.29) is 29.7 Å². The Hall–Kier alpha value is -1.59. The average molecular weight is 378 g/mol. The number of nitrogens with one attached hydrogen (secondary N) is 1. The van der Waals surface area contributed by atoms with Crippen molar-refractivity contribution in [3.8, 4) is 0 Å². The Balaban J connectivity index is 1.67. The molecule has 142 valence electrons. The molecule has 1 N–H and O–H groups in total. The van der Waals surface area contributed by atoms with Crippen molar-refractivity contribution in [3.63, 3.8) is 0 Å². The van der Waals surface area contributed by atoms with Gasteiger partial charge in [-0.1, -0.05) is 37.6 Å². The zero-order valence-electron chi connectivity index (χ0n) is 15.6. The van der Waals surface area contributed by atoms with Crippen LogP contribution in [0.15, 0.2) is 24.3 Å². The summed E-state index contributed by atoms with van der Waals surface area (Å²) in [7, 11) is 0. The smallest absolute Gasteiger partial charge is 0.226 e. The molecule has 1 atom stereocenters. The minimum atomic E-state index is 0.00555. The van der Waals surface area contributed by atoms with E-state index < -0.39 is 0 Å². The molecule has 0 spiro atoms. The zero-order valence-corrected chi connectivity index (χ0v) is 16.3. The zero-order chi connectivity index (χ0) is 18.7. The fourth-order valence-electron chi connectivity index (χ4n) is 3.93. The molecule has 2 saturated heterocycles. The van der Waals surface area contributed by atoms with Crippen LogP contribution in [0.4, 0.5) is 0 Å². The largest absolute Gasteiger partial charge is 0.342 e. The van der Waals surface area contributed by atoms with Crippen LogP contribution in [0.2, 0.25) is 5.02 Å². The van der Waals surface area contributed by atoms with Crippen LogP contribution in [0.1, 0.15) is 38.3 Å². The summed E-state index contributed by atoms with van der Waals surface area (Å²) in [4.78, 5) is 29.3. The summed E-state index contributed by atoms with van der Waals surface area (Å²) in [6.45, 7) is 7.49. The van der Waals surface area contributed by atoms with E-state index in [0.717, 1.165) is 31.5 Å². The molecule has 1 aromatic rings. The monoisotopic (exact) mass is 377 g/mol. The molecule has 2 fully saturated rings. The summed E-state index contributed by atoms with van der Waals surface area (Å²) in [5.41, 5.74) is 1.07.